The van der Waals surface area contributed by atoms with Gasteiger partial charge >= 0.3 is 0 Å². The van der Waals surface area contributed by atoms with Crippen molar-refractivity contribution in [1.29, 1.82) is 0 Å². The highest BCUT2D eigenvalue weighted by molar-refractivity contribution is 5.33. The largest absolute Gasteiger partial charge is 0.492 e. The van der Waals surface area contributed by atoms with Crippen LogP contribution in [0.15, 0.2) is 24.3 Å². The molecule has 1 heterocycles. The molecule has 1 aliphatic heterocycles. The highest BCUT2D eigenvalue weighted by Gasteiger charge is 2.23. The van der Waals surface area contributed by atoms with Crippen LogP contribution in [0.2, 0.25) is 0 Å². The molecule has 0 radical (unpaired) electrons. The van der Waals surface area contributed by atoms with E-state index < -0.39 is 0 Å². The lowest BCUT2D eigenvalue weighted by molar-refractivity contribution is 0.139. The van der Waals surface area contributed by atoms with E-state index in [1.165, 1.54) is 5.56 Å². The van der Waals surface area contributed by atoms with Crippen molar-refractivity contribution in [3.8, 4) is 5.75 Å². The minimum absolute atomic E-state index is 0.435. The fraction of sp³-hybridized carbons (Fsp3) is 0.571. The maximum atomic E-state index is 5.89. The Labute approximate surface area is 104 Å². The van der Waals surface area contributed by atoms with Gasteiger partial charge in [-0.1, -0.05) is 32.0 Å². The summed E-state index contributed by atoms with van der Waals surface area (Å²) < 4.78 is 5.77. The molecular weight excluding hydrogens is 212 g/mol. The van der Waals surface area contributed by atoms with E-state index in [1.807, 2.05) is 12.1 Å². The quantitative estimate of drug-likeness (QED) is 0.867. The number of nitrogens with two attached hydrogens (primary N) is 1. The Hall–Kier alpha value is -1.06. The Morgan fingerprint density at radius 2 is 2.12 bits per heavy atom. The lowest BCUT2D eigenvalue weighted by Crippen LogP contribution is -2.44. The number of para-hydroxylation sites is 1. The van der Waals surface area contributed by atoms with E-state index in [9.17, 15) is 0 Å². The van der Waals surface area contributed by atoms with Gasteiger partial charge < -0.3 is 10.5 Å². The summed E-state index contributed by atoms with van der Waals surface area (Å²) in [5, 5.41) is 0. The molecule has 17 heavy (non-hydrogen) atoms. The molecule has 0 saturated carbocycles. The van der Waals surface area contributed by atoms with Crippen LogP contribution in [-0.4, -0.2) is 30.6 Å². The van der Waals surface area contributed by atoms with E-state index in [2.05, 4.69) is 30.9 Å². The van der Waals surface area contributed by atoms with Gasteiger partial charge in [0.05, 0.1) is 0 Å². The molecule has 1 aliphatic rings. The van der Waals surface area contributed by atoms with Crippen molar-refractivity contribution in [2.75, 3.05) is 19.7 Å². The van der Waals surface area contributed by atoms with Crippen LogP contribution >= 0.6 is 0 Å². The molecule has 1 atom stereocenters. The second-order valence-corrected chi connectivity index (χ2v) is 4.97. The fourth-order valence-corrected chi connectivity index (χ4v) is 2.47. The third-order valence-corrected chi connectivity index (χ3v) is 3.46. The summed E-state index contributed by atoms with van der Waals surface area (Å²) in [6.45, 7) is 7.81. The minimum atomic E-state index is 0.435. The van der Waals surface area contributed by atoms with Crippen LogP contribution < -0.4 is 10.5 Å². The summed E-state index contributed by atoms with van der Waals surface area (Å²) >= 11 is 0. The van der Waals surface area contributed by atoms with Crippen molar-refractivity contribution < 1.29 is 4.74 Å². The summed E-state index contributed by atoms with van der Waals surface area (Å²) in [4.78, 5) is 2.44. The summed E-state index contributed by atoms with van der Waals surface area (Å²) in [6.07, 6.45) is 0. The number of hydrogen-bond acceptors (Lipinski definition) is 3. The number of ether oxygens (including phenoxy) is 1. The van der Waals surface area contributed by atoms with Crippen LogP contribution in [0.25, 0.3) is 0 Å². The third kappa shape index (κ3) is 2.79. The van der Waals surface area contributed by atoms with Crippen LogP contribution in [0.4, 0.5) is 0 Å². The molecule has 3 nitrogen and oxygen atoms in total. The Kier molecular flexibility index (Phi) is 4.02. The van der Waals surface area contributed by atoms with Gasteiger partial charge in [0.25, 0.3) is 0 Å². The standard InChI is InChI=1S/C14H22N2O/c1-11(2)13(9-15)16-7-8-17-14-6-4-3-5-12(14)10-16/h3-6,11,13H,7-10,15H2,1-2H3. The zero-order valence-electron chi connectivity index (χ0n) is 10.7. The second kappa shape index (κ2) is 5.52. The number of hydrogen-bond donors (Lipinski definition) is 1. The Balaban J connectivity index is 2.17. The summed E-state index contributed by atoms with van der Waals surface area (Å²) in [5.74, 6) is 1.60. The van der Waals surface area contributed by atoms with Gasteiger partial charge in [0.2, 0.25) is 0 Å². The molecule has 0 aromatic heterocycles. The van der Waals surface area contributed by atoms with Gasteiger partial charge in [-0.05, 0) is 12.0 Å². The second-order valence-electron chi connectivity index (χ2n) is 4.97. The minimum Gasteiger partial charge on any atom is -0.492 e. The molecular formula is C14H22N2O. The molecule has 0 aliphatic carbocycles. The SMILES string of the molecule is CC(C)C(CN)N1CCOc2ccccc2C1. The van der Waals surface area contributed by atoms with Crippen molar-refractivity contribution in [3.63, 3.8) is 0 Å². The summed E-state index contributed by atoms with van der Waals surface area (Å²) in [6, 6.07) is 8.72. The first-order valence-electron chi connectivity index (χ1n) is 6.37. The number of rotatable bonds is 3. The lowest BCUT2D eigenvalue weighted by atomic mass is 10.0. The maximum absolute atomic E-state index is 5.89. The molecule has 0 spiro atoms. The highest BCUT2D eigenvalue weighted by Crippen LogP contribution is 2.24. The van der Waals surface area contributed by atoms with Crippen LogP contribution in [0, 0.1) is 5.92 Å². The van der Waals surface area contributed by atoms with Crippen molar-refractivity contribution in [1.82, 2.24) is 4.90 Å². The molecule has 0 amide bonds. The monoisotopic (exact) mass is 234 g/mol. The summed E-state index contributed by atoms with van der Waals surface area (Å²) in [5.41, 5.74) is 7.16. The zero-order chi connectivity index (χ0) is 12.3. The zero-order valence-corrected chi connectivity index (χ0v) is 10.7. The van der Waals surface area contributed by atoms with E-state index in [4.69, 9.17) is 10.5 Å². The molecule has 0 bridgehead atoms. The molecule has 2 N–H and O–H groups in total. The van der Waals surface area contributed by atoms with Crippen LogP contribution in [0.5, 0.6) is 5.75 Å². The Morgan fingerprint density at radius 1 is 1.35 bits per heavy atom. The van der Waals surface area contributed by atoms with Crippen molar-refractivity contribution in [2.45, 2.75) is 26.4 Å². The van der Waals surface area contributed by atoms with Gasteiger partial charge in [0.15, 0.2) is 0 Å². The molecule has 94 valence electrons. The van der Waals surface area contributed by atoms with Crippen LogP contribution in [0.3, 0.4) is 0 Å². The molecule has 1 unspecified atom stereocenters. The molecule has 1 aromatic carbocycles. The normalized spacial score (nSPS) is 18.4. The average Bonchev–Trinajstić information content (AvgIpc) is 2.51. The van der Waals surface area contributed by atoms with Crippen molar-refractivity contribution in [2.24, 2.45) is 11.7 Å². The smallest absolute Gasteiger partial charge is 0.123 e. The van der Waals surface area contributed by atoms with Gasteiger partial charge in [-0.25, -0.2) is 0 Å². The first-order valence-corrected chi connectivity index (χ1v) is 6.37. The van der Waals surface area contributed by atoms with E-state index in [0.717, 1.165) is 25.4 Å². The van der Waals surface area contributed by atoms with Crippen LogP contribution in [-0.2, 0) is 6.54 Å². The number of fused-ring (bicyclic) bond motifs is 1. The first-order chi connectivity index (χ1) is 8.22. The third-order valence-electron chi connectivity index (χ3n) is 3.46. The lowest BCUT2D eigenvalue weighted by Gasteiger charge is -2.32. The first kappa shape index (κ1) is 12.4. The Bertz CT molecular complexity index is 365. The van der Waals surface area contributed by atoms with Gasteiger partial charge in [-0.15, -0.1) is 0 Å². The van der Waals surface area contributed by atoms with Gasteiger partial charge in [-0.2, -0.15) is 0 Å². The molecule has 0 saturated heterocycles. The van der Waals surface area contributed by atoms with Gasteiger partial charge in [-0.3, -0.25) is 4.90 Å². The molecule has 0 fully saturated rings. The number of benzene rings is 1. The fourth-order valence-electron chi connectivity index (χ4n) is 2.47. The van der Waals surface area contributed by atoms with Crippen LogP contribution in [0.1, 0.15) is 19.4 Å². The van der Waals surface area contributed by atoms with E-state index in [-0.39, 0.29) is 0 Å². The predicted molar refractivity (Wildman–Crippen MR) is 70.0 cm³/mol. The summed E-state index contributed by atoms with van der Waals surface area (Å²) in [7, 11) is 0. The molecule has 3 heteroatoms. The number of nitrogens with zero attached hydrogens (tertiary/aromatic N) is 1. The highest BCUT2D eigenvalue weighted by atomic mass is 16.5. The van der Waals surface area contributed by atoms with E-state index in [0.29, 0.717) is 18.5 Å². The van der Waals surface area contributed by atoms with Crippen molar-refractivity contribution in [3.05, 3.63) is 29.8 Å². The van der Waals surface area contributed by atoms with E-state index in [1.54, 1.807) is 0 Å². The Morgan fingerprint density at radius 3 is 2.82 bits per heavy atom. The van der Waals surface area contributed by atoms with Gasteiger partial charge in [0.1, 0.15) is 12.4 Å². The average molecular weight is 234 g/mol. The van der Waals surface area contributed by atoms with Crippen molar-refractivity contribution >= 4 is 0 Å². The van der Waals surface area contributed by atoms with E-state index >= 15 is 0 Å². The predicted octanol–water partition coefficient (Wildman–Crippen LogP) is 1.86. The maximum Gasteiger partial charge on any atom is 0.123 e. The van der Waals surface area contributed by atoms with Gasteiger partial charge in [0, 0.05) is 31.2 Å². The topological polar surface area (TPSA) is 38.5 Å². The molecule has 1 aromatic rings. The molecule has 2 rings (SSSR count).